The van der Waals surface area contributed by atoms with E-state index in [0.29, 0.717) is 12.6 Å². The van der Waals surface area contributed by atoms with Gasteiger partial charge >= 0.3 is 0 Å². The van der Waals surface area contributed by atoms with Crippen LogP contribution in [0.3, 0.4) is 0 Å². The Labute approximate surface area is 104 Å². The van der Waals surface area contributed by atoms with Crippen molar-refractivity contribution < 1.29 is 0 Å². The molecule has 18 heavy (non-hydrogen) atoms. The Kier molecular flexibility index (Phi) is 2.62. The van der Waals surface area contributed by atoms with Crippen molar-refractivity contribution in [2.75, 3.05) is 5.32 Å². The van der Waals surface area contributed by atoms with Crippen LogP contribution >= 0.6 is 0 Å². The maximum atomic E-state index is 11.9. The third kappa shape index (κ3) is 2.42. The van der Waals surface area contributed by atoms with Gasteiger partial charge in [-0.25, -0.2) is 4.68 Å². The van der Waals surface area contributed by atoms with Crippen LogP contribution in [-0.2, 0) is 13.6 Å². The van der Waals surface area contributed by atoms with Gasteiger partial charge < -0.3 is 5.32 Å². The molecule has 0 bridgehead atoms. The summed E-state index contributed by atoms with van der Waals surface area (Å²) < 4.78 is 3.15. The molecule has 6 heteroatoms. The van der Waals surface area contributed by atoms with E-state index in [1.165, 1.54) is 17.5 Å². The summed E-state index contributed by atoms with van der Waals surface area (Å²) >= 11 is 0. The van der Waals surface area contributed by atoms with Crippen molar-refractivity contribution >= 4 is 5.69 Å². The third-order valence-electron chi connectivity index (χ3n) is 2.91. The largest absolute Gasteiger partial charge is 0.381 e. The highest BCUT2D eigenvalue weighted by Crippen LogP contribution is 2.23. The molecule has 1 N–H and O–H groups in total. The van der Waals surface area contributed by atoms with Crippen LogP contribution in [-0.4, -0.2) is 25.6 Å². The van der Waals surface area contributed by atoms with E-state index in [4.69, 9.17) is 0 Å². The molecule has 0 atom stereocenters. The van der Waals surface area contributed by atoms with E-state index in [0.717, 1.165) is 11.3 Å². The maximum Gasteiger partial charge on any atom is 0.269 e. The molecule has 1 fully saturated rings. The Morgan fingerprint density at radius 2 is 2.22 bits per heavy atom. The number of nitrogens with zero attached hydrogens (tertiary/aromatic N) is 4. The number of hydrogen-bond acceptors (Lipinski definition) is 4. The number of aryl methyl sites for hydroxylation is 1. The zero-order chi connectivity index (χ0) is 12.5. The SMILES string of the molecule is Cn1cc(Cn2ncc(NC3CC3)cc2=O)cn1. The molecule has 1 aliphatic rings. The molecule has 2 aromatic rings. The average Bonchev–Trinajstić information content (AvgIpc) is 3.05. The fourth-order valence-corrected chi connectivity index (χ4v) is 1.82. The molecule has 2 aromatic heterocycles. The first-order valence-corrected chi connectivity index (χ1v) is 6.02. The first-order valence-electron chi connectivity index (χ1n) is 6.02. The summed E-state index contributed by atoms with van der Waals surface area (Å²) in [6.45, 7) is 0.455. The highest BCUT2D eigenvalue weighted by Gasteiger charge is 2.21. The maximum absolute atomic E-state index is 11.9. The summed E-state index contributed by atoms with van der Waals surface area (Å²) in [6.07, 6.45) is 7.68. The predicted molar refractivity (Wildman–Crippen MR) is 67.5 cm³/mol. The molecule has 1 saturated carbocycles. The topological polar surface area (TPSA) is 64.7 Å². The second-order valence-electron chi connectivity index (χ2n) is 4.68. The third-order valence-corrected chi connectivity index (χ3v) is 2.91. The van der Waals surface area contributed by atoms with Crippen molar-refractivity contribution in [2.45, 2.75) is 25.4 Å². The highest BCUT2D eigenvalue weighted by atomic mass is 16.1. The van der Waals surface area contributed by atoms with E-state index < -0.39 is 0 Å². The summed E-state index contributed by atoms with van der Waals surface area (Å²) in [4.78, 5) is 11.9. The van der Waals surface area contributed by atoms with Crippen LogP contribution in [0.15, 0.2) is 29.5 Å². The van der Waals surface area contributed by atoms with Crippen molar-refractivity contribution in [2.24, 2.45) is 7.05 Å². The van der Waals surface area contributed by atoms with Crippen molar-refractivity contribution in [1.29, 1.82) is 0 Å². The lowest BCUT2D eigenvalue weighted by Gasteiger charge is -2.06. The highest BCUT2D eigenvalue weighted by molar-refractivity contribution is 5.41. The van der Waals surface area contributed by atoms with Crippen LogP contribution in [0, 0.1) is 0 Å². The zero-order valence-corrected chi connectivity index (χ0v) is 10.2. The van der Waals surface area contributed by atoms with Crippen molar-refractivity contribution in [3.05, 3.63) is 40.6 Å². The van der Waals surface area contributed by atoms with Crippen molar-refractivity contribution in [3.8, 4) is 0 Å². The van der Waals surface area contributed by atoms with Gasteiger partial charge in [0, 0.05) is 30.9 Å². The lowest BCUT2D eigenvalue weighted by molar-refractivity contribution is 0.638. The van der Waals surface area contributed by atoms with Crippen molar-refractivity contribution in [1.82, 2.24) is 19.6 Å². The number of anilines is 1. The Hall–Kier alpha value is -2.11. The Balaban J connectivity index is 1.77. The van der Waals surface area contributed by atoms with E-state index in [-0.39, 0.29) is 5.56 Å². The molecule has 0 amide bonds. The second-order valence-corrected chi connectivity index (χ2v) is 4.68. The Morgan fingerprint density at radius 1 is 1.39 bits per heavy atom. The molecular formula is C12H15N5O. The van der Waals surface area contributed by atoms with E-state index >= 15 is 0 Å². The summed E-state index contributed by atoms with van der Waals surface area (Å²) in [5.74, 6) is 0. The van der Waals surface area contributed by atoms with E-state index in [9.17, 15) is 4.79 Å². The lowest BCUT2D eigenvalue weighted by Crippen LogP contribution is -2.23. The minimum Gasteiger partial charge on any atom is -0.381 e. The number of nitrogens with one attached hydrogen (secondary N) is 1. The van der Waals surface area contributed by atoms with Gasteiger partial charge in [-0.05, 0) is 12.8 Å². The van der Waals surface area contributed by atoms with E-state index in [1.807, 2.05) is 13.2 Å². The Morgan fingerprint density at radius 3 is 2.83 bits per heavy atom. The number of hydrogen-bond donors (Lipinski definition) is 1. The van der Waals surface area contributed by atoms with Crippen LogP contribution in [0.25, 0.3) is 0 Å². The van der Waals surface area contributed by atoms with Crippen LogP contribution in [0.4, 0.5) is 5.69 Å². The van der Waals surface area contributed by atoms with Crippen LogP contribution in [0.5, 0.6) is 0 Å². The molecule has 0 unspecified atom stereocenters. The molecule has 2 heterocycles. The fraction of sp³-hybridized carbons (Fsp3) is 0.417. The van der Waals surface area contributed by atoms with E-state index in [2.05, 4.69) is 15.5 Å². The molecule has 1 aliphatic carbocycles. The van der Waals surface area contributed by atoms with Crippen LogP contribution in [0.1, 0.15) is 18.4 Å². The zero-order valence-electron chi connectivity index (χ0n) is 10.2. The molecule has 0 radical (unpaired) electrons. The first-order chi connectivity index (χ1) is 8.70. The van der Waals surface area contributed by atoms with Crippen LogP contribution in [0.2, 0.25) is 0 Å². The average molecular weight is 245 g/mol. The van der Waals surface area contributed by atoms with Gasteiger partial charge in [0.2, 0.25) is 0 Å². The van der Waals surface area contributed by atoms with Gasteiger partial charge in [-0.2, -0.15) is 10.2 Å². The second kappa shape index (κ2) is 4.29. The molecule has 3 rings (SSSR count). The molecule has 0 aliphatic heterocycles. The molecule has 0 saturated heterocycles. The smallest absolute Gasteiger partial charge is 0.269 e. The molecule has 6 nitrogen and oxygen atoms in total. The summed E-state index contributed by atoms with van der Waals surface area (Å²) in [5.41, 5.74) is 1.68. The molecule has 0 spiro atoms. The predicted octanol–water partition coefficient (Wildman–Crippen LogP) is 0.599. The normalized spacial score (nSPS) is 14.7. The lowest BCUT2D eigenvalue weighted by atomic mass is 10.3. The van der Waals surface area contributed by atoms with Gasteiger partial charge in [-0.3, -0.25) is 9.48 Å². The van der Waals surface area contributed by atoms with Gasteiger partial charge in [0.25, 0.3) is 5.56 Å². The first kappa shape index (κ1) is 11.0. The number of aromatic nitrogens is 4. The van der Waals surface area contributed by atoms with E-state index in [1.54, 1.807) is 23.1 Å². The minimum atomic E-state index is -0.0931. The quantitative estimate of drug-likeness (QED) is 0.856. The summed E-state index contributed by atoms with van der Waals surface area (Å²) in [6, 6.07) is 2.13. The number of rotatable bonds is 4. The fourth-order valence-electron chi connectivity index (χ4n) is 1.82. The van der Waals surface area contributed by atoms with Gasteiger partial charge in [0.15, 0.2) is 0 Å². The summed E-state index contributed by atoms with van der Waals surface area (Å²) in [7, 11) is 1.85. The molecule has 0 aromatic carbocycles. The molecule has 94 valence electrons. The van der Waals surface area contributed by atoms with Gasteiger partial charge in [0.1, 0.15) is 0 Å². The molecular weight excluding hydrogens is 230 g/mol. The summed E-state index contributed by atoms with van der Waals surface area (Å²) in [5, 5.41) is 11.5. The van der Waals surface area contributed by atoms with Crippen molar-refractivity contribution in [3.63, 3.8) is 0 Å². The van der Waals surface area contributed by atoms with Gasteiger partial charge in [-0.15, -0.1) is 0 Å². The van der Waals surface area contributed by atoms with Crippen LogP contribution < -0.4 is 10.9 Å². The van der Waals surface area contributed by atoms with Gasteiger partial charge in [0.05, 0.1) is 24.6 Å². The standard InChI is InChI=1S/C12H15N5O/c1-16-7-9(5-13-16)8-17-12(18)4-11(6-14-17)15-10-2-3-10/h4-7,10,15H,2-3,8H2,1H3. The monoisotopic (exact) mass is 245 g/mol. The Bertz CT molecular complexity index is 611. The minimum absolute atomic E-state index is 0.0931. The van der Waals surface area contributed by atoms with Gasteiger partial charge in [-0.1, -0.05) is 0 Å².